The van der Waals surface area contributed by atoms with Gasteiger partial charge < -0.3 is 5.32 Å². The smallest absolute Gasteiger partial charge is 0.192 e. The van der Waals surface area contributed by atoms with E-state index in [1.54, 1.807) is 6.20 Å². The molecule has 0 aliphatic rings. The first-order valence-corrected chi connectivity index (χ1v) is 7.67. The van der Waals surface area contributed by atoms with Crippen molar-refractivity contribution in [2.24, 2.45) is 0 Å². The zero-order valence-electron chi connectivity index (χ0n) is 12.1. The van der Waals surface area contributed by atoms with Gasteiger partial charge in [0.05, 0.1) is 5.69 Å². The summed E-state index contributed by atoms with van der Waals surface area (Å²) in [4.78, 5) is 14.2. The molecule has 0 amide bonds. The van der Waals surface area contributed by atoms with Crippen molar-refractivity contribution in [2.75, 3.05) is 6.54 Å². The van der Waals surface area contributed by atoms with E-state index in [-0.39, 0.29) is 6.04 Å². The number of aromatic nitrogens is 3. The van der Waals surface area contributed by atoms with Crippen LogP contribution in [0.1, 0.15) is 37.7 Å². The van der Waals surface area contributed by atoms with E-state index in [0.717, 1.165) is 34.4 Å². The lowest BCUT2D eigenvalue weighted by Gasteiger charge is -2.12. The Morgan fingerprint density at radius 1 is 1.25 bits per heavy atom. The quantitative estimate of drug-likeness (QED) is 0.826. The van der Waals surface area contributed by atoms with Crippen LogP contribution >= 0.6 is 11.8 Å². The summed E-state index contributed by atoms with van der Waals surface area (Å²) >= 11 is 1.53. The Kier molecular flexibility index (Phi) is 5.49. The van der Waals surface area contributed by atoms with Crippen molar-refractivity contribution in [3.8, 4) is 0 Å². The van der Waals surface area contributed by atoms with Gasteiger partial charge in [0.25, 0.3) is 0 Å². The Labute approximate surface area is 124 Å². The lowest BCUT2D eigenvalue weighted by atomic mass is 10.2. The van der Waals surface area contributed by atoms with Gasteiger partial charge in [-0.25, -0.2) is 9.97 Å². The van der Waals surface area contributed by atoms with Crippen molar-refractivity contribution in [3.05, 3.63) is 42.0 Å². The minimum Gasteiger partial charge on any atom is -0.309 e. The van der Waals surface area contributed by atoms with E-state index in [1.165, 1.54) is 11.8 Å². The predicted molar refractivity (Wildman–Crippen MR) is 81.8 cm³/mol. The van der Waals surface area contributed by atoms with Gasteiger partial charge in [-0.1, -0.05) is 6.92 Å². The molecule has 0 radical (unpaired) electrons. The zero-order valence-corrected chi connectivity index (χ0v) is 12.9. The van der Waals surface area contributed by atoms with Gasteiger partial charge in [-0.05, 0) is 56.8 Å². The maximum absolute atomic E-state index is 4.51. The summed E-state index contributed by atoms with van der Waals surface area (Å²) in [5, 5.41) is 4.19. The molecule has 0 spiro atoms. The number of pyridine rings is 1. The topological polar surface area (TPSA) is 50.7 Å². The molecule has 0 aromatic carbocycles. The molecule has 2 aromatic rings. The molecule has 5 heteroatoms. The molecule has 1 N–H and O–H groups in total. The van der Waals surface area contributed by atoms with Crippen LogP contribution in [0, 0.1) is 6.92 Å². The fourth-order valence-electron chi connectivity index (χ4n) is 1.75. The molecule has 4 nitrogen and oxygen atoms in total. The molecule has 1 unspecified atom stereocenters. The summed E-state index contributed by atoms with van der Waals surface area (Å²) in [5.41, 5.74) is 2.04. The summed E-state index contributed by atoms with van der Waals surface area (Å²) in [6.45, 7) is 7.27. The van der Waals surface area contributed by atoms with Crippen LogP contribution in [-0.2, 0) is 0 Å². The van der Waals surface area contributed by atoms with Crippen LogP contribution in [-0.4, -0.2) is 21.5 Å². The number of rotatable bonds is 6. The average molecular weight is 288 g/mol. The van der Waals surface area contributed by atoms with Crippen molar-refractivity contribution < 1.29 is 0 Å². The minimum absolute atomic E-state index is 0.282. The highest BCUT2D eigenvalue weighted by atomic mass is 32.2. The molecule has 0 saturated carbocycles. The molecule has 2 rings (SSSR count). The zero-order chi connectivity index (χ0) is 14.4. The van der Waals surface area contributed by atoms with Crippen LogP contribution in [0.15, 0.2) is 40.6 Å². The first-order valence-electron chi connectivity index (χ1n) is 6.86. The lowest BCUT2D eigenvalue weighted by molar-refractivity contribution is 0.558. The second kappa shape index (κ2) is 7.36. The molecule has 2 heterocycles. The fourth-order valence-corrected chi connectivity index (χ4v) is 2.51. The summed E-state index contributed by atoms with van der Waals surface area (Å²) in [6, 6.07) is 6.31. The van der Waals surface area contributed by atoms with Crippen LogP contribution in [0.2, 0.25) is 0 Å². The third-order valence-corrected chi connectivity index (χ3v) is 3.74. The first kappa shape index (κ1) is 14.9. The van der Waals surface area contributed by atoms with Gasteiger partial charge in [0.2, 0.25) is 0 Å². The molecule has 106 valence electrons. The maximum atomic E-state index is 4.51. The average Bonchev–Trinajstić information content (AvgIpc) is 2.45. The molecule has 2 aromatic heterocycles. The number of aryl methyl sites for hydroxylation is 1. The Bertz CT molecular complexity index is 542. The van der Waals surface area contributed by atoms with Crippen LogP contribution in [0.4, 0.5) is 0 Å². The van der Waals surface area contributed by atoms with Crippen molar-refractivity contribution in [2.45, 2.75) is 43.3 Å². The number of nitrogens with zero attached hydrogens (tertiary/aromatic N) is 3. The van der Waals surface area contributed by atoms with Crippen molar-refractivity contribution in [3.63, 3.8) is 0 Å². The third kappa shape index (κ3) is 4.28. The van der Waals surface area contributed by atoms with Crippen LogP contribution in [0.3, 0.4) is 0 Å². The van der Waals surface area contributed by atoms with E-state index in [0.29, 0.717) is 0 Å². The molecule has 0 aliphatic heterocycles. The van der Waals surface area contributed by atoms with E-state index >= 15 is 0 Å². The SMILES string of the molecule is CCCNC(C)c1ccc(Sc2nccc(C)n2)cn1. The van der Waals surface area contributed by atoms with Gasteiger partial charge in [0.15, 0.2) is 5.16 Å². The van der Waals surface area contributed by atoms with Gasteiger partial charge in [-0.2, -0.15) is 0 Å². The van der Waals surface area contributed by atoms with Crippen LogP contribution in [0.5, 0.6) is 0 Å². The van der Waals surface area contributed by atoms with E-state index in [4.69, 9.17) is 0 Å². The number of hydrogen-bond donors (Lipinski definition) is 1. The first-order chi connectivity index (χ1) is 9.69. The minimum atomic E-state index is 0.282. The molecular formula is C15H20N4S. The Morgan fingerprint density at radius 2 is 2.10 bits per heavy atom. The molecule has 0 saturated heterocycles. The van der Waals surface area contributed by atoms with Gasteiger partial charge in [-0.3, -0.25) is 4.98 Å². The number of hydrogen-bond acceptors (Lipinski definition) is 5. The van der Waals surface area contributed by atoms with E-state index in [2.05, 4.69) is 46.2 Å². The molecule has 1 atom stereocenters. The summed E-state index contributed by atoms with van der Waals surface area (Å²) < 4.78 is 0. The van der Waals surface area contributed by atoms with Gasteiger partial charge in [0, 0.05) is 29.0 Å². The Balaban J connectivity index is 2.01. The lowest BCUT2D eigenvalue weighted by Crippen LogP contribution is -2.20. The highest BCUT2D eigenvalue weighted by molar-refractivity contribution is 7.99. The van der Waals surface area contributed by atoms with E-state index in [9.17, 15) is 0 Å². The molecule has 0 aliphatic carbocycles. The monoisotopic (exact) mass is 288 g/mol. The van der Waals surface area contributed by atoms with Gasteiger partial charge in [0.1, 0.15) is 0 Å². The second-order valence-electron chi connectivity index (χ2n) is 4.68. The summed E-state index contributed by atoms with van der Waals surface area (Å²) in [6.07, 6.45) is 4.79. The van der Waals surface area contributed by atoms with Crippen molar-refractivity contribution in [1.29, 1.82) is 0 Å². The normalized spacial score (nSPS) is 12.3. The molecule has 0 bridgehead atoms. The fraction of sp³-hybridized carbons (Fsp3) is 0.400. The number of nitrogens with one attached hydrogen (secondary N) is 1. The largest absolute Gasteiger partial charge is 0.309 e. The second-order valence-corrected chi connectivity index (χ2v) is 5.72. The molecule has 20 heavy (non-hydrogen) atoms. The van der Waals surface area contributed by atoms with E-state index < -0.39 is 0 Å². The summed E-state index contributed by atoms with van der Waals surface area (Å²) in [5.74, 6) is 0. The molecular weight excluding hydrogens is 268 g/mol. The standard InChI is InChI=1S/C15H20N4S/c1-4-8-16-12(3)14-6-5-13(10-18-14)20-15-17-9-7-11(2)19-15/h5-7,9-10,12,16H,4,8H2,1-3H3. The highest BCUT2D eigenvalue weighted by Gasteiger charge is 2.06. The third-order valence-electron chi connectivity index (χ3n) is 2.89. The Morgan fingerprint density at radius 3 is 2.75 bits per heavy atom. The van der Waals surface area contributed by atoms with Crippen molar-refractivity contribution >= 4 is 11.8 Å². The molecule has 0 fully saturated rings. The maximum Gasteiger partial charge on any atom is 0.192 e. The van der Waals surface area contributed by atoms with Crippen LogP contribution in [0.25, 0.3) is 0 Å². The van der Waals surface area contributed by atoms with E-state index in [1.807, 2.05) is 19.2 Å². The Hall–Kier alpha value is -1.46. The van der Waals surface area contributed by atoms with Gasteiger partial charge >= 0.3 is 0 Å². The highest BCUT2D eigenvalue weighted by Crippen LogP contribution is 2.24. The van der Waals surface area contributed by atoms with Crippen molar-refractivity contribution in [1.82, 2.24) is 20.3 Å². The van der Waals surface area contributed by atoms with Crippen LogP contribution < -0.4 is 5.32 Å². The predicted octanol–water partition coefficient (Wildman–Crippen LogP) is 3.39. The summed E-state index contributed by atoms with van der Waals surface area (Å²) in [7, 11) is 0. The van der Waals surface area contributed by atoms with Gasteiger partial charge in [-0.15, -0.1) is 0 Å².